The number of halogens is 1. The summed E-state index contributed by atoms with van der Waals surface area (Å²) in [5, 5.41) is 10.9. The zero-order chi connectivity index (χ0) is 19.1. The van der Waals surface area contributed by atoms with Crippen molar-refractivity contribution in [3.8, 4) is 27.6 Å². The third-order valence-electron chi connectivity index (χ3n) is 4.61. The molecule has 0 radical (unpaired) electrons. The highest BCUT2D eigenvalue weighted by Crippen LogP contribution is 2.32. The zero-order valence-electron chi connectivity index (χ0n) is 15.2. The van der Waals surface area contributed by atoms with E-state index >= 15 is 0 Å². The van der Waals surface area contributed by atoms with Crippen LogP contribution in [0, 0.1) is 26.6 Å². The maximum atomic E-state index is 13.9. The number of nitrogens with zero attached hydrogens (tertiary/aromatic N) is 4. The lowest BCUT2D eigenvalue weighted by Gasteiger charge is -2.04. The van der Waals surface area contributed by atoms with Crippen LogP contribution in [-0.4, -0.2) is 20.0 Å². The summed E-state index contributed by atoms with van der Waals surface area (Å²) < 4.78 is 15.3. The summed E-state index contributed by atoms with van der Waals surface area (Å²) in [7, 11) is 0. The lowest BCUT2D eigenvalue weighted by molar-refractivity contribution is 0.616. The van der Waals surface area contributed by atoms with E-state index in [2.05, 4.69) is 47.3 Å². The molecular formula is C20H18FN5S. The normalized spacial score (nSPS) is 11.1. The van der Waals surface area contributed by atoms with E-state index in [9.17, 15) is 4.39 Å². The van der Waals surface area contributed by atoms with Gasteiger partial charge in [-0.2, -0.15) is 4.68 Å². The molecule has 136 valence electrons. The van der Waals surface area contributed by atoms with Crippen LogP contribution in [0.25, 0.3) is 27.6 Å². The van der Waals surface area contributed by atoms with Gasteiger partial charge in [-0.1, -0.05) is 23.4 Å². The van der Waals surface area contributed by atoms with Gasteiger partial charge in [-0.15, -0.1) is 16.4 Å². The van der Waals surface area contributed by atoms with Gasteiger partial charge < -0.3 is 5.73 Å². The first kappa shape index (κ1) is 17.4. The van der Waals surface area contributed by atoms with Crippen LogP contribution in [0.2, 0.25) is 0 Å². The number of hydrogen-bond donors (Lipinski definition) is 1. The second-order valence-electron chi connectivity index (χ2n) is 6.51. The third kappa shape index (κ3) is 3.10. The molecule has 2 N–H and O–H groups in total. The molecule has 4 rings (SSSR count). The molecule has 0 bridgehead atoms. The van der Waals surface area contributed by atoms with Crippen molar-refractivity contribution in [3.63, 3.8) is 0 Å². The molecule has 0 spiro atoms. The SMILES string of the molecule is Cc1ccc(-c2csc(-c3nnn(-c4ccc(C)c(F)c4)c3N)n2)cc1C. The second kappa shape index (κ2) is 6.59. The van der Waals surface area contributed by atoms with Crippen molar-refractivity contribution in [3.05, 3.63) is 64.3 Å². The molecule has 0 saturated heterocycles. The lowest BCUT2D eigenvalue weighted by atomic mass is 10.1. The van der Waals surface area contributed by atoms with Crippen LogP contribution in [0.3, 0.4) is 0 Å². The summed E-state index contributed by atoms with van der Waals surface area (Å²) in [6.45, 7) is 5.87. The molecule has 0 atom stereocenters. The minimum atomic E-state index is -0.310. The highest BCUT2D eigenvalue weighted by atomic mass is 32.1. The van der Waals surface area contributed by atoms with Crippen LogP contribution < -0.4 is 5.73 Å². The largest absolute Gasteiger partial charge is 0.382 e. The average Bonchev–Trinajstić information content (AvgIpc) is 3.26. The second-order valence-corrected chi connectivity index (χ2v) is 7.36. The van der Waals surface area contributed by atoms with Gasteiger partial charge >= 0.3 is 0 Å². The Morgan fingerprint density at radius 2 is 1.78 bits per heavy atom. The number of aromatic nitrogens is 4. The van der Waals surface area contributed by atoms with Gasteiger partial charge in [0.15, 0.2) is 11.5 Å². The molecule has 0 aliphatic carbocycles. The minimum Gasteiger partial charge on any atom is -0.382 e. The van der Waals surface area contributed by atoms with E-state index in [-0.39, 0.29) is 5.82 Å². The number of hydrogen-bond acceptors (Lipinski definition) is 5. The molecule has 5 nitrogen and oxygen atoms in total. The van der Waals surface area contributed by atoms with Gasteiger partial charge in [-0.3, -0.25) is 0 Å². The van der Waals surface area contributed by atoms with Crippen LogP contribution in [0.4, 0.5) is 10.2 Å². The molecule has 0 aliphatic heterocycles. The molecule has 4 aromatic rings. The van der Waals surface area contributed by atoms with Crippen molar-refractivity contribution in [2.75, 3.05) is 5.73 Å². The average molecular weight is 379 g/mol. The third-order valence-corrected chi connectivity index (χ3v) is 5.46. The highest BCUT2D eigenvalue weighted by molar-refractivity contribution is 7.13. The van der Waals surface area contributed by atoms with Gasteiger partial charge in [0.25, 0.3) is 0 Å². The van der Waals surface area contributed by atoms with E-state index in [1.807, 2.05) is 5.38 Å². The number of nitrogen functional groups attached to an aromatic ring is 1. The summed E-state index contributed by atoms with van der Waals surface area (Å²) in [6, 6.07) is 11.1. The van der Waals surface area contributed by atoms with Crippen LogP contribution >= 0.6 is 11.3 Å². The number of anilines is 1. The number of thiazole rings is 1. The topological polar surface area (TPSA) is 69.6 Å². The van der Waals surface area contributed by atoms with Gasteiger partial charge in [-0.05, 0) is 55.7 Å². The fourth-order valence-electron chi connectivity index (χ4n) is 2.76. The van der Waals surface area contributed by atoms with Crippen molar-refractivity contribution in [2.24, 2.45) is 0 Å². The first-order valence-electron chi connectivity index (χ1n) is 8.45. The maximum Gasteiger partial charge on any atom is 0.165 e. The Morgan fingerprint density at radius 3 is 2.52 bits per heavy atom. The number of rotatable bonds is 3. The molecule has 2 heterocycles. The lowest BCUT2D eigenvalue weighted by Crippen LogP contribution is -2.03. The summed E-state index contributed by atoms with van der Waals surface area (Å²) in [5.41, 5.74) is 12.2. The Labute approximate surface area is 160 Å². The summed E-state index contributed by atoms with van der Waals surface area (Å²) in [4.78, 5) is 4.67. The Morgan fingerprint density at radius 1 is 1.00 bits per heavy atom. The highest BCUT2D eigenvalue weighted by Gasteiger charge is 2.17. The van der Waals surface area contributed by atoms with Crippen molar-refractivity contribution < 1.29 is 4.39 Å². The Bertz CT molecular complexity index is 1150. The van der Waals surface area contributed by atoms with E-state index < -0.39 is 0 Å². The predicted octanol–water partition coefficient (Wildman–Crippen LogP) is 4.70. The van der Waals surface area contributed by atoms with Crippen molar-refractivity contribution in [1.82, 2.24) is 20.0 Å². The molecule has 2 aromatic heterocycles. The Kier molecular flexibility index (Phi) is 4.24. The van der Waals surface area contributed by atoms with Gasteiger partial charge in [-0.25, -0.2) is 9.37 Å². The first-order valence-corrected chi connectivity index (χ1v) is 9.33. The fourth-order valence-corrected chi connectivity index (χ4v) is 3.58. The standard InChI is InChI=1S/C20H18FN5S/c1-11-4-6-14(8-13(11)3)17-10-27-20(23-17)18-19(22)26(25-24-18)15-7-5-12(2)16(21)9-15/h4-10H,22H2,1-3H3. The van der Waals surface area contributed by atoms with Crippen molar-refractivity contribution in [1.29, 1.82) is 0 Å². The number of nitrogens with two attached hydrogens (primary N) is 1. The van der Waals surface area contributed by atoms with Gasteiger partial charge in [0.05, 0.1) is 11.4 Å². The van der Waals surface area contributed by atoms with E-state index in [0.29, 0.717) is 27.8 Å². The summed E-state index contributed by atoms with van der Waals surface area (Å²) in [5.74, 6) is 0.0227. The van der Waals surface area contributed by atoms with Gasteiger partial charge in [0.1, 0.15) is 10.8 Å². The van der Waals surface area contributed by atoms with Crippen LogP contribution in [0.5, 0.6) is 0 Å². The Balaban J connectivity index is 1.71. The first-order chi connectivity index (χ1) is 12.9. The van der Waals surface area contributed by atoms with E-state index in [1.54, 1.807) is 19.1 Å². The van der Waals surface area contributed by atoms with Crippen LogP contribution in [0.1, 0.15) is 16.7 Å². The molecule has 0 aliphatic rings. The summed E-state index contributed by atoms with van der Waals surface area (Å²) >= 11 is 1.45. The van der Waals surface area contributed by atoms with Crippen molar-refractivity contribution >= 4 is 17.2 Å². The molecule has 0 fully saturated rings. The summed E-state index contributed by atoms with van der Waals surface area (Å²) in [6.07, 6.45) is 0. The van der Waals surface area contributed by atoms with E-state index in [0.717, 1.165) is 11.3 Å². The predicted molar refractivity (Wildman–Crippen MR) is 106 cm³/mol. The molecule has 0 amide bonds. The van der Waals surface area contributed by atoms with Crippen LogP contribution in [0.15, 0.2) is 41.8 Å². The zero-order valence-corrected chi connectivity index (χ0v) is 16.0. The maximum absolute atomic E-state index is 13.9. The monoisotopic (exact) mass is 379 g/mol. The van der Waals surface area contributed by atoms with E-state index in [4.69, 9.17) is 5.73 Å². The molecular weight excluding hydrogens is 361 g/mol. The molecule has 7 heteroatoms. The fraction of sp³-hybridized carbons (Fsp3) is 0.150. The molecule has 27 heavy (non-hydrogen) atoms. The van der Waals surface area contributed by atoms with Gasteiger partial charge in [0, 0.05) is 10.9 Å². The quantitative estimate of drug-likeness (QED) is 0.560. The molecule has 0 unspecified atom stereocenters. The van der Waals surface area contributed by atoms with E-state index in [1.165, 1.54) is 33.2 Å². The minimum absolute atomic E-state index is 0.310. The van der Waals surface area contributed by atoms with Crippen molar-refractivity contribution in [2.45, 2.75) is 20.8 Å². The molecule has 0 saturated carbocycles. The van der Waals surface area contributed by atoms with Gasteiger partial charge in [0.2, 0.25) is 0 Å². The van der Waals surface area contributed by atoms with Crippen LogP contribution in [-0.2, 0) is 0 Å². The number of benzene rings is 2. The number of aryl methyl sites for hydroxylation is 3. The smallest absolute Gasteiger partial charge is 0.165 e. The molecule has 2 aromatic carbocycles. The Hall–Kier alpha value is -3.06.